The molecule has 0 amide bonds. The summed E-state index contributed by atoms with van der Waals surface area (Å²) in [5.41, 5.74) is 19.8. The molecule has 15 rings (SSSR count). The molecule has 4 fully saturated rings. The van der Waals surface area contributed by atoms with Gasteiger partial charge in [0.25, 0.3) is 0 Å². The Morgan fingerprint density at radius 1 is 0.344 bits per heavy atom. The molecule has 4 saturated carbocycles. The van der Waals surface area contributed by atoms with Gasteiger partial charge in [0, 0.05) is 16.5 Å². The quantitative estimate of drug-likeness (QED) is 0.178. The minimum atomic E-state index is -0.391. The van der Waals surface area contributed by atoms with Crippen LogP contribution in [0.25, 0.3) is 66.6 Å². The second kappa shape index (κ2) is 12.5. The summed E-state index contributed by atoms with van der Waals surface area (Å²) in [6.07, 6.45) is 6.93. The van der Waals surface area contributed by atoms with Crippen molar-refractivity contribution >= 4 is 21.8 Å². The second-order valence-electron chi connectivity index (χ2n) is 18.9. The van der Waals surface area contributed by atoms with E-state index in [1.165, 1.54) is 87.4 Å². The predicted molar refractivity (Wildman–Crippen MR) is 248 cm³/mol. The Morgan fingerprint density at radius 2 is 0.820 bits per heavy atom. The van der Waals surface area contributed by atoms with Crippen LogP contribution < -0.4 is 0 Å². The summed E-state index contributed by atoms with van der Waals surface area (Å²) < 4.78 is 0. The Kier molecular flexibility index (Phi) is 6.97. The molecule has 0 N–H and O–H groups in total. The highest BCUT2D eigenvalue weighted by Gasteiger charge is 2.64. The van der Waals surface area contributed by atoms with Gasteiger partial charge in [-0.1, -0.05) is 152 Å². The Morgan fingerprint density at radius 3 is 1.48 bits per heavy atom. The molecule has 4 bridgehead atoms. The number of para-hydroxylation sites is 2. The molecule has 0 saturated heterocycles. The Bertz CT molecular complexity index is 3210. The molecule has 0 unspecified atom stereocenters. The third kappa shape index (κ3) is 4.53. The summed E-state index contributed by atoms with van der Waals surface area (Å²) >= 11 is 0. The lowest BCUT2D eigenvalue weighted by molar-refractivity contribution is -0.0440. The predicted octanol–water partition coefficient (Wildman–Crippen LogP) is 14.2. The summed E-state index contributed by atoms with van der Waals surface area (Å²) in [4.78, 5) is 10.4. The van der Waals surface area contributed by atoms with E-state index < -0.39 is 5.41 Å². The van der Waals surface area contributed by atoms with Gasteiger partial charge in [0.1, 0.15) is 0 Å². The van der Waals surface area contributed by atoms with Crippen molar-refractivity contribution in [3.05, 3.63) is 215 Å². The van der Waals surface area contributed by atoms with Gasteiger partial charge in [-0.05, 0) is 153 Å². The molecule has 6 aliphatic carbocycles. The number of rotatable bonds is 3. The molecule has 0 atom stereocenters. The molecular weight excluding hydrogens is 737 g/mol. The van der Waals surface area contributed by atoms with Crippen LogP contribution in [0.2, 0.25) is 0 Å². The fraction of sp³-hybridized carbons (Fsp3) is 0.186. The number of aromatic nitrogens is 2. The fourth-order valence-corrected chi connectivity index (χ4v) is 14.0. The average molecular weight is 781 g/mol. The number of hydrogen-bond acceptors (Lipinski definition) is 2. The SMILES string of the molecule is c1ccc(-c2nc3ccccc3nc2-c2ccc3cc(-c4ccc5c(c4)C4(c6ccccc6-c6ccccc64)c4ccccc4C54C5CC6CC(C5)CC4C6)ccc3c2)cc1. The average Bonchev–Trinajstić information content (AvgIpc) is 3.61. The second-order valence-corrected chi connectivity index (χ2v) is 18.9. The van der Waals surface area contributed by atoms with Crippen LogP contribution in [0.3, 0.4) is 0 Å². The largest absolute Gasteiger partial charge is 0.244 e. The van der Waals surface area contributed by atoms with E-state index in [-0.39, 0.29) is 5.41 Å². The highest BCUT2D eigenvalue weighted by atomic mass is 14.8. The van der Waals surface area contributed by atoms with Crippen LogP contribution in [0.1, 0.15) is 65.5 Å². The molecule has 6 aliphatic rings. The van der Waals surface area contributed by atoms with Crippen molar-refractivity contribution in [2.45, 2.75) is 42.9 Å². The lowest BCUT2D eigenvalue weighted by Gasteiger charge is -2.65. The molecule has 2 spiro atoms. The summed E-state index contributed by atoms with van der Waals surface area (Å²) in [6, 6.07) is 68.6. The molecule has 0 radical (unpaired) electrons. The number of fused-ring (bicyclic) bond motifs is 11. The van der Waals surface area contributed by atoms with E-state index in [0.29, 0.717) is 11.8 Å². The number of hydrogen-bond donors (Lipinski definition) is 0. The minimum Gasteiger partial charge on any atom is -0.244 e. The normalized spacial score (nSPS) is 23.3. The Hall–Kier alpha value is -6.64. The fourth-order valence-electron chi connectivity index (χ4n) is 14.0. The zero-order valence-electron chi connectivity index (χ0n) is 34.1. The van der Waals surface area contributed by atoms with E-state index in [9.17, 15) is 0 Å². The number of nitrogens with zero attached hydrogens (tertiary/aromatic N) is 2. The highest BCUT2D eigenvalue weighted by molar-refractivity contribution is 5.95. The topological polar surface area (TPSA) is 25.8 Å². The van der Waals surface area contributed by atoms with Crippen molar-refractivity contribution in [3.63, 3.8) is 0 Å². The van der Waals surface area contributed by atoms with Crippen molar-refractivity contribution in [2.75, 3.05) is 0 Å². The van der Waals surface area contributed by atoms with E-state index in [1.807, 2.05) is 12.1 Å². The zero-order valence-corrected chi connectivity index (χ0v) is 34.1. The Labute approximate surface area is 357 Å². The molecule has 61 heavy (non-hydrogen) atoms. The van der Waals surface area contributed by atoms with Gasteiger partial charge < -0.3 is 0 Å². The first-order valence-electron chi connectivity index (χ1n) is 22.5. The maximum absolute atomic E-state index is 5.22. The third-order valence-electron chi connectivity index (χ3n) is 16.1. The van der Waals surface area contributed by atoms with Crippen molar-refractivity contribution in [2.24, 2.45) is 23.7 Å². The van der Waals surface area contributed by atoms with Gasteiger partial charge in [-0.3, -0.25) is 0 Å². The molecule has 2 heteroatoms. The van der Waals surface area contributed by atoms with Gasteiger partial charge in [-0.15, -0.1) is 0 Å². The van der Waals surface area contributed by atoms with Crippen molar-refractivity contribution in [1.29, 1.82) is 0 Å². The van der Waals surface area contributed by atoms with E-state index in [0.717, 1.165) is 45.4 Å². The van der Waals surface area contributed by atoms with E-state index in [2.05, 4.69) is 170 Å². The van der Waals surface area contributed by atoms with E-state index in [4.69, 9.17) is 9.97 Å². The van der Waals surface area contributed by atoms with Gasteiger partial charge in [0.05, 0.1) is 27.8 Å². The van der Waals surface area contributed by atoms with Crippen LogP contribution in [0.4, 0.5) is 0 Å². The highest BCUT2D eigenvalue weighted by Crippen LogP contribution is 2.71. The van der Waals surface area contributed by atoms with E-state index >= 15 is 0 Å². The molecule has 9 aromatic rings. The standard InChI is InChI=1S/C59H44N2/c1-2-12-38(13-3-1)56-57(61-55-21-11-10-20-54(55)60-56)43-25-24-39-33-40(22-23-41(39)34-43)42-26-27-52-53(35-42)59(48-16-6-4-14-46(48)47-15-5-7-17-49(47)59)51-19-9-8-18-50(51)58(52)44-29-36-28-37(31-44)32-45(58)30-36/h1-27,33-37,44-45H,28-32H2. The smallest absolute Gasteiger partial charge is 0.0973 e. The summed E-state index contributed by atoms with van der Waals surface area (Å²) in [5.74, 6) is 3.15. The summed E-state index contributed by atoms with van der Waals surface area (Å²) in [7, 11) is 0. The Balaban J connectivity index is 0.970. The summed E-state index contributed by atoms with van der Waals surface area (Å²) in [6.45, 7) is 0. The van der Waals surface area contributed by atoms with Crippen molar-refractivity contribution in [3.8, 4) is 44.8 Å². The van der Waals surface area contributed by atoms with Gasteiger partial charge in [-0.25, -0.2) is 9.97 Å². The van der Waals surface area contributed by atoms with Crippen LogP contribution in [-0.2, 0) is 10.8 Å². The van der Waals surface area contributed by atoms with Crippen LogP contribution in [0, 0.1) is 23.7 Å². The molecule has 2 nitrogen and oxygen atoms in total. The van der Waals surface area contributed by atoms with Gasteiger partial charge in [0.2, 0.25) is 0 Å². The molecular formula is C59H44N2. The maximum Gasteiger partial charge on any atom is 0.0973 e. The maximum atomic E-state index is 5.22. The monoisotopic (exact) mass is 780 g/mol. The third-order valence-corrected chi connectivity index (χ3v) is 16.1. The molecule has 8 aromatic carbocycles. The van der Waals surface area contributed by atoms with Crippen molar-refractivity contribution < 1.29 is 0 Å². The van der Waals surface area contributed by atoms with Gasteiger partial charge >= 0.3 is 0 Å². The van der Waals surface area contributed by atoms with Gasteiger partial charge in [0.15, 0.2) is 0 Å². The van der Waals surface area contributed by atoms with Crippen LogP contribution in [-0.4, -0.2) is 9.97 Å². The lowest BCUT2D eigenvalue weighted by atomic mass is 9.38. The van der Waals surface area contributed by atoms with Gasteiger partial charge in [-0.2, -0.15) is 0 Å². The summed E-state index contributed by atoms with van der Waals surface area (Å²) in [5, 5.41) is 2.42. The molecule has 1 aromatic heterocycles. The molecule has 1 heterocycles. The number of benzene rings is 8. The van der Waals surface area contributed by atoms with Crippen molar-refractivity contribution in [1.82, 2.24) is 9.97 Å². The van der Waals surface area contributed by atoms with E-state index in [1.54, 1.807) is 11.1 Å². The zero-order chi connectivity index (χ0) is 39.9. The first-order chi connectivity index (χ1) is 30.2. The first-order valence-corrected chi connectivity index (χ1v) is 22.5. The molecule has 290 valence electrons. The minimum absolute atomic E-state index is 0.0413. The lowest BCUT2D eigenvalue weighted by Crippen LogP contribution is -2.59. The van der Waals surface area contributed by atoms with Crippen LogP contribution >= 0.6 is 0 Å². The molecule has 0 aliphatic heterocycles. The van der Waals surface area contributed by atoms with Crippen LogP contribution in [0.15, 0.2) is 182 Å². The van der Waals surface area contributed by atoms with Crippen LogP contribution in [0.5, 0.6) is 0 Å². The first kappa shape index (κ1) is 34.1.